The van der Waals surface area contributed by atoms with Crippen molar-refractivity contribution in [2.24, 2.45) is 0 Å². The van der Waals surface area contributed by atoms with Crippen molar-refractivity contribution in [3.8, 4) is 0 Å². The third-order valence-corrected chi connectivity index (χ3v) is 5.26. The highest BCUT2D eigenvalue weighted by molar-refractivity contribution is 5.83. The molecule has 26 heavy (non-hydrogen) atoms. The van der Waals surface area contributed by atoms with Gasteiger partial charge in [-0.1, -0.05) is 25.1 Å². The van der Waals surface area contributed by atoms with E-state index in [0.717, 1.165) is 37.7 Å². The summed E-state index contributed by atoms with van der Waals surface area (Å²) in [5, 5.41) is 13.2. The molecule has 6 heteroatoms. The van der Waals surface area contributed by atoms with Crippen LogP contribution >= 0.6 is 0 Å². The Morgan fingerprint density at radius 2 is 2.08 bits per heavy atom. The summed E-state index contributed by atoms with van der Waals surface area (Å²) < 4.78 is 0. The average Bonchev–Trinajstić information content (AvgIpc) is 2.99. The Morgan fingerprint density at radius 1 is 1.31 bits per heavy atom. The first-order valence-electron chi connectivity index (χ1n) is 9.37. The van der Waals surface area contributed by atoms with Crippen molar-refractivity contribution >= 4 is 22.8 Å². The number of carboxylic acids is 1. The predicted molar refractivity (Wildman–Crippen MR) is 101 cm³/mol. The van der Waals surface area contributed by atoms with E-state index in [2.05, 4.69) is 22.4 Å². The number of carboxylic acid groups (broad SMARTS) is 1. The number of fused-ring (bicyclic) bond motifs is 1. The summed E-state index contributed by atoms with van der Waals surface area (Å²) in [6.45, 7) is 2.77. The number of aliphatic carboxylic acids is 1. The highest BCUT2D eigenvalue weighted by Crippen LogP contribution is 2.26. The second-order valence-corrected chi connectivity index (χ2v) is 7.06. The van der Waals surface area contributed by atoms with Crippen LogP contribution in [0.1, 0.15) is 38.2 Å². The van der Waals surface area contributed by atoms with Gasteiger partial charge in [0.25, 0.3) is 0 Å². The smallest absolute Gasteiger partial charge is 0.317 e. The number of nitrogens with one attached hydrogen (secondary N) is 2. The average molecular weight is 357 g/mol. The molecule has 1 saturated carbocycles. The monoisotopic (exact) mass is 357 g/mol. The highest BCUT2D eigenvalue weighted by Gasteiger charge is 2.34. The molecule has 0 aliphatic heterocycles. The van der Waals surface area contributed by atoms with Crippen LogP contribution in [0.15, 0.2) is 30.5 Å². The van der Waals surface area contributed by atoms with Crippen molar-refractivity contribution in [3.63, 3.8) is 0 Å². The molecule has 6 nitrogen and oxygen atoms in total. The number of para-hydroxylation sites is 1. The molecule has 1 aliphatic carbocycles. The Hall–Kier alpha value is -2.34. The number of benzene rings is 1. The van der Waals surface area contributed by atoms with Crippen molar-refractivity contribution in [2.75, 3.05) is 13.1 Å². The molecule has 1 aliphatic rings. The third-order valence-electron chi connectivity index (χ3n) is 5.26. The Morgan fingerprint density at radius 3 is 2.81 bits per heavy atom. The molecule has 1 amide bonds. The minimum atomic E-state index is -0.795. The number of rotatable bonds is 9. The molecular formula is C20H27N3O3. The number of aryl methyl sites for hydroxylation is 1. The van der Waals surface area contributed by atoms with Gasteiger partial charge < -0.3 is 15.4 Å². The van der Waals surface area contributed by atoms with E-state index in [1.807, 2.05) is 30.2 Å². The lowest BCUT2D eigenvalue weighted by Crippen LogP contribution is -2.54. The largest absolute Gasteiger partial charge is 0.480 e. The summed E-state index contributed by atoms with van der Waals surface area (Å²) >= 11 is 0. The molecule has 1 aromatic heterocycles. The van der Waals surface area contributed by atoms with E-state index in [-0.39, 0.29) is 24.5 Å². The number of hydrogen-bond donors (Lipinski definition) is 3. The molecule has 1 fully saturated rings. The van der Waals surface area contributed by atoms with E-state index in [1.54, 1.807) is 0 Å². The summed E-state index contributed by atoms with van der Waals surface area (Å²) in [7, 11) is 0. The van der Waals surface area contributed by atoms with Crippen LogP contribution in [0.3, 0.4) is 0 Å². The van der Waals surface area contributed by atoms with Crippen LogP contribution in [0, 0.1) is 0 Å². The maximum atomic E-state index is 12.1. The number of likely N-dealkylation sites (N-methyl/N-ethyl adjacent to an activating group) is 1. The molecule has 0 spiro atoms. The van der Waals surface area contributed by atoms with Crippen molar-refractivity contribution in [2.45, 2.75) is 51.1 Å². The minimum absolute atomic E-state index is 0.0758. The standard InChI is InChI=1S/C20H27N3O3/c1-2-23(13-20(25)26)16-10-15(11-16)22-19(24)9-5-6-14-12-21-18-8-4-3-7-17(14)18/h3-4,7-8,12,15-16,21H,2,5-6,9-11,13H2,1H3,(H,22,24)(H,25,26). The molecule has 3 rings (SSSR count). The summed E-state index contributed by atoms with van der Waals surface area (Å²) in [4.78, 5) is 28.2. The van der Waals surface area contributed by atoms with Gasteiger partial charge in [-0.15, -0.1) is 0 Å². The number of aromatic nitrogens is 1. The lowest BCUT2D eigenvalue weighted by Gasteiger charge is -2.42. The summed E-state index contributed by atoms with van der Waals surface area (Å²) in [5.41, 5.74) is 2.39. The van der Waals surface area contributed by atoms with Gasteiger partial charge in [-0.25, -0.2) is 0 Å². The van der Waals surface area contributed by atoms with E-state index in [9.17, 15) is 9.59 Å². The van der Waals surface area contributed by atoms with E-state index in [0.29, 0.717) is 6.42 Å². The number of carbonyl (C=O) groups is 2. The number of nitrogens with zero attached hydrogens (tertiary/aromatic N) is 1. The second-order valence-electron chi connectivity index (χ2n) is 7.06. The maximum absolute atomic E-state index is 12.1. The summed E-state index contributed by atoms with van der Waals surface area (Å²) in [5.74, 6) is -0.703. The lowest BCUT2D eigenvalue weighted by molar-refractivity contribution is -0.139. The second kappa shape index (κ2) is 8.36. The number of amides is 1. The maximum Gasteiger partial charge on any atom is 0.317 e. The predicted octanol–water partition coefficient (Wildman–Crippen LogP) is 2.54. The van der Waals surface area contributed by atoms with E-state index in [4.69, 9.17) is 5.11 Å². The van der Waals surface area contributed by atoms with Crippen LogP contribution in [0.4, 0.5) is 0 Å². The Kier molecular flexibility index (Phi) is 5.93. The molecule has 0 atom stereocenters. The lowest BCUT2D eigenvalue weighted by atomic mass is 9.85. The van der Waals surface area contributed by atoms with Gasteiger partial charge in [-0.2, -0.15) is 0 Å². The van der Waals surface area contributed by atoms with Gasteiger partial charge in [0.1, 0.15) is 0 Å². The first-order valence-corrected chi connectivity index (χ1v) is 9.37. The quantitative estimate of drug-likeness (QED) is 0.644. The number of hydrogen-bond acceptors (Lipinski definition) is 3. The van der Waals surface area contributed by atoms with Gasteiger partial charge >= 0.3 is 5.97 Å². The van der Waals surface area contributed by atoms with E-state index in [1.165, 1.54) is 10.9 Å². The first-order chi connectivity index (χ1) is 12.6. The fourth-order valence-electron chi connectivity index (χ4n) is 3.75. The van der Waals surface area contributed by atoms with Crippen molar-refractivity contribution in [1.29, 1.82) is 0 Å². The molecule has 1 heterocycles. The van der Waals surface area contributed by atoms with Crippen LogP contribution < -0.4 is 5.32 Å². The molecule has 140 valence electrons. The zero-order valence-electron chi connectivity index (χ0n) is 15.2. The van der Waals surface area contributed by atoms with Crippen LogP contribution in [0.25, 0.3) is 10.9 Å². The minimum Gasteiger partial charge on any atom is -0.480 e. The zero-order valence-corrected chi connectivity index (χ0v) is 15.2. The third kappa shape index (κ3) is 4.43. The Labute approximate surface area is 153 Å². The first kappa shape index (κ1) is 18.5. The van der Waals surface area contributed by atoms with Gasteiger partial charge in [0.2, 0.25) is 5.91 Å². The van der Waals surface area contributed by atoms with Crippen LogP contribution in [-0.4, -0.2) is 52.0 Å². The van der Waals surface area contributed by atoms with E-state index >= 15 is 0 Å². The fourth-order valence-corrected chi connectivity index (χ4v) is 3.75. The van der Waals surface area contributed by atoms with Gasteiger partial charge in [0, 0.05) is 35.6 Å². The van der Waals surface area contributed by atoms with Crippen molar-refractivity contribution < 1.29 is 14.7 Å². The zero-order chi connectivity index (χ0) is 18.5. The molecule has 2 aromatic rings. The van der Waals surface area contributed by atoms with Crippen molar-refractivity contribution in [1.82, 2.24) is 15.2 Å². The fraction of sp³-hybridized carbons (Fsp3) is 0.500. The molecule has 0 saturated heterocycles. The van der Waals surface area contributed by atoms with Crippen molar-refractivity contribution in [3.05, 3.63) is 36.0 Å². The topological polar surface area (TPSA) is 85.4 Å². The number of carbonyl (C=O) groups excluding carboxylic acids is 1. The van der Waals surface area contributed by atoms with Crippen LogP contribution in [-0.2, 0) is 16.0 Å². The SMILES string of the molecule is CCN(CC(=O)O)C1CC(NC(=O)CCCc2c[nH]c3ccccc23)C1. The Bertz CT molecular complexity index is 765. The molecule has 0 bridgehead atoms. The van der Waals surface area contributed by atoms with E-state index < -0.39 is 5.97 Å². The molecule has 1 aromatic carbocycles. The number of aromatic amines is 1. The summed E-state index contributed by atoms with van der Waals surface area (Å²) in [6.07, 6.45) is 5.94. The van der Waals surface area contributed by atoms with Gasteiger partial charge in [0.05, 0.1) is 6.54 Å². The van der Waals surface area contributed by atoms with Gasteiger partial charge in [0.15, 0.2) is 0 Å². The normalized spacial score (nSPS) is 19.5. The molecular weight excluding hydrogens is 330 g/mol. The highest BCUT2D eigenvalue weighted by atomic mass is 16.4. The molecule has 0 radical (unpaired) electrons. The van der Waals surface area contributed by atoms with Crippen LogP contribution in [0.2, 0.25) is 0 Å². The number of H-pyrrole nitrogens is 1. The van der Waals surface area contributed by atoms with Crippen LogP contribution in [0.5, 0.6) is 0 Å². The summed E-state index contributed by atoms with van der Waals surface area (Å²) in [6, 6.07) is 8.66. The molecule has 0 unspecified atom stereocenters. The Balaban J connectivity index is 1.37. The molecule has 3 N–H and O–H groups in total. The van der Waals surface area contributed by atoms with Gasteiger partial charge in [-0.3, -0.25) is 14.5 Å². The van der Waals surface area contributed by atoms with Gasteiger partial charge in [-0.05, 0) is 43.9 Å².